The van der Waals surface area contributed by atoms with Crippen molar-refractivity contribution in [2.75, 3.05) is 32.7 Å². The number of piperazine rings is 1. The average Bonchev–Trinajstić information content (AvgIpc) is 2.90. The first-order chi connectivity index (χ1) is 17.0. The maximum atomic E-state index is 12.7. The number of nitrogens with zero attached hydrogens (tertiary/aromatic N) is 3. The molecule has 1 saturated carbocycles. The Bertz CT molecular complexity index is 997. The van der Waals surface area contributed by atoms with Gasteiger partial charge in [0, 0.05) is 39.1 Å². The van der Waals surface area contributed by atoms with Gasteiger partial charge in [-0.05, 0) is 41.6 Å². The van der Waals surface area contributed by atoms with E-state index in [-0.39, 0.29) is 5.91 Å². The zero-order chi connectivity index (χ0) is 24.7. The van der Waals surface area contributed by atoms with Crippen LogP contribution >= 0.6 is 0 Å². The minimum Gasteiger partial charge on any atom is -0.338 e. The lowest BCUT2D eigenvalue weighted by atomic mass is 9.81. The first kappa shape index (κ1) is 25.4. The van der Waals surface area contributed by atoms with E-state index in [1.54, 1.807) is 0 Å². The lowest BCUT2D eigenvalue weighted by molar-refractivity contribution is -0.127. The molecule has 1 unspecified atom stereocenters. The van der Waals surface area contributed by atoms with E-state index in [1.807, 2.05) is 12.1 Å². The number of carbonyl (C=O) groups is 1. The maximum absolute atomic E-state index is 12.7. The molecule has 2 aromatic rings. The van der Waals surface area contributed by atoms with Gasteiger partial charge in [-0.15, -0.1) is 0 Å². The minimum absolute atomic E-state index is 0.187. The van der Waals surface area contributed by atoms with Gasteiger partial charge in [0.1, 0.15) is 6.04 Å². The lowest BCUT2D eigenvalue weighted by Crippen LogP contribution is -2.57. The predicted octanol–water partition coefficient (Wildman–Crippen LogP) is 3.70. The molecule has 2 aliphatic rings. The number of benzene rings is 2. The Morgan fingerprint density at radius 1 is 0.943 bits per heavy atom. The molecule has 35 heavy (non-hydrogen) atoms. The molecule has 1 amide bonds. The third kappa shape index (κ3) is 6.70. The maximum Gasteiger partial charge on any atom is 0.241 e. The Morgan fingerprint density at radius 3 is 2.03 bits per heavy atom. The van der Waals surface area contributed by atoms with Gasteiger partial charge in [0.25, 0.3) is 0 Å². The number of hydrogen-bond donors (Lipinski definition) is 2. The number of nitrogens with two attached hydrogens (primary N) is 1. The van der Waals surface area contributed by atoms with Gasteiger partial charge in [-0.2, -0.15) is 5.26 Å². The van der Waals surface area contributed by atoms with Gasteiger partial charge >= 0.3 is 0 Å². The summed E-state index contributed by atoms with van der Waals surface area (Å²) in [6.45, 7) is 8.95. The van der Waals surface area contributed by atoms with Gasteiger partial charge < -0.3 is 16.0 Å². The van der Waals surface area contributed by atoms with Crippen molar-refractivity contribution in [1.82, 2.24) is 15.1 Å². The second kappa shape index (κ2) is 11.8. The fourth-order valence-electron chi connectivity index (χ4n) is 5.23. The predicted molar refractivity (Wildman–Crippen MR) is 141 cm³/mol. The molecule has 0 aromatic heterocycles. The highest BCUT2D eigenvalue weighted by Crippen LogP contribution is 2.26. The molecular weight excluding hydrogens is 434 g/mol. The van der Waals surface area contributed by atoms with Gasteiger partial charge in [0.2, 0.25) is 5.91 Å². The molecule has 6 heteroatoms. The highest BCUT2D eigenvalue weighted by atomic mass is 16.2. The van der Waals surface area contributed by atoms with E-state index in [0.717, 1.165) is 69.7 Å². The largest absolute Gasteiger partial charge is 0.338 e. The van der Waals surface area contributed by atoms with Crippen molar-refractivity contribution < 1.29 is 4.79 Å². The normalized spacial score (nSPS) is 19.6. The van der Waals surface area contributed by atoms with E-state index in [4.69, 9.17) is 5.73 Å². The summed E-state index contributed by atoms with van der Waals surface area (Å²) in [5, 5.41) is 12.5. The summed E-state index contributed by atoms with van der Waals surface area (Å²) < 4.78 is 0. The van der Waals surface area contributed by atoms with Crippen LogP contribution in [-0.4, -0.2) is 60.0 Å². The third-order valence-corrected chi connectivity index (χ3v) is 7.66. The van der Waals surface area contributed by atoms with Gasteiger partial charge in [0.15, 0.2) is 0 Å². The summed E-state index contributed by atoms with van der Waals surface area (Å²) in [6.07, 6.45) is 4.93. The van der Waals surface area contributed by atoms with Crippen LogP contribution in [0, 0.1) is 11.3 Å². The fourth-order valence-corrected chi connectivity index (χ4v) is 5.23. The fraction of sp³-hybridized carbons (Fsp3) is 0.517. The van der Waals surface area contributed by atoms with Crippen molar-refractivity contribution in [3.63, 3.8) is 0 Å². The van der Waals surface area contributed by atoms with Crippen LogP contribution in [0.4, 0.5) is 0 Å². The highest BCUT2D eigenvalue weighted by Gasteiger charge is 2.36. The molecule has 6 nitrogen and oxygen atoms in total. The Hall–Kier alpha value is -2.72. The molecule has 2 aromatic carbocycles. The zero-order valence-electron chi connectivity index (χ0n) is 21.0. The molecule has 1 aliphatic carbocycles. The SMILES string of the molecule is CCN1CCN(Cc2ccc(-c3ccc(CC(C#N)NC(=O)C4(N)CCCCC4)cc3)cc2)CC1. The van der Waals surface area contributed by atoms with Gasteiger partial charge in [0.05, 0.1) is 11.6 Å². The highest BCUT2D eigenvalue weighted by molar-refractivity contribution is 5.86. The summed E-state index contributed by atoms with van der Waals surface area (Å²) in [6, 6.07) is 18.8. The molecule has 186 valence electrons. The van der Waals surface area contributed by atoms with Crippen molar-refractivity contribution in [2.24, 2.45) is 5.73 Å². The van der Waals surface area contributed by atoms with Crippen LogP contribution < -0.4 is 11.1 Å². The number of amides is 1. The van der Waals surface area contributed by atoms with E-state index < -0.39 is 11.6 Å². The Labute approximate surface area is 210 Å². The number of nitrogens with one attached hydrogen (secondary N) is 1. The average molecular weight is 474 g/mol. The molecule has 0 radical (unpaired) electrons. The summed E-state index contributed by atoms with van der Waals surface area (Å²) in [7, 11) is 0. The topological polar surface area (TPSA) is 85.4 Å². The Balaban J connectivity index is 1.31. The first-order valence-corrected chi connectivity index (χ1v) is 13.1. The van der Waals surface area contributed by atoms with Crippen molar-refractivity contribution in [1.29, 1.82) is 5.26 Å². The Kier molecular flexibility index (Phi) is 8.56. The van der Waals surface area contributed by atoms with Crippen molar-refractivity contribution in [3.8, 4) is 17.2 Å². The van der Waals surface area contributed by atoms with Crippen LogP contribution in [0.15, 0.2) is 48.5 Å². The van der Waals surface area contributed by atoms with Crippen molar-refractivity contribution in [2.45, 2.75) is 63.6 Å². The number of likely N-dealkylation sites (N-methyl/N-ethyl adjacent to an activating group) is 1. The van der Waals surface area contributed by atoms with E-state index >= 15 is 0 Å². The third-order valence-electron chi connectivity index (χ3n) is 7.66. The van der Waals surface area contributed by atoms with Crippen molar-refractivity contribution in [3.05, 3.63) is 59.7 Å². The van der Waals surface area contributed by atoms with E-state index in [2.05, 4.69) is 64.5 Å². The zero-order valence-corrected chi connectivity index (χ0v) is 21.0. The first-order valence-electron chi connectivity index (χ1n) is 13.1. The van der Waals surface area contributed by atoms with Gasteiger partial charge in [-0.1, -0.05) is 74.7 Å². The van der Waals surface area contributed by atoms with Crippen LogP contribution in [0.1, 0.15) is 50.2 Å². The quantitative estimate of drug-likeness (QED) is 0.611. The van der Waals surface area contributed by atoms with Crippen LogP contribution in [0.2, 0.25) is 0 Å². The number of nitriles is 1. The second-order valence-corrected chi connectivity index (χ2v) is 10.2. The second-order valence-electron chi connectivity index (χ2n) is 10.2. The summed E-state index contributed by atoms with van der Waals surface area (Å²) in [5.74, 6) is -0.187. The summed E-state index contributed by atoms with van der Waals surface area (Å²) in [4.78, 5) is 17.7. The molecular formula is C29H39N5O. The van der Waals surface area contributed by atoms with Crippen molar-refractivity contribution >= 4 is 5.91 Å². The number of rotatable bonds is 8. The van der Waals surface area contributed by atoms with Crippen LogP contribution in [0.5, 0.6) is 0 Å². The van der Waals surface area contributed by atoms with E-state index in [1.165, 1.54) is 11.1 Å². The minimum atomic E-state index is -0.826. The van der Waals surface area contributed by atoms with Gasteiger partial charge in [-0.25, -0.2) is 0 Å². The van der Waals surface area contributed by atoms with E-state index in [9.17, 15) is 10.1 Å². The standard InChI is InChI=1S/C29H39N5O/c1-2-33-16-18-34(19-17-33)22-24-8-12-26(13-9-24)25-10-6-23(7-11-25)20-27(21-30)32-28(35)29(31)14-4-3-5-15-29/h6-13,27H,2-5,14-20,22,31H2,1H3,(H,32,35). The summed E-state index contributed by atoms with van der Waals surface area (Å²) >= 11 is 0. The van der Waals surface area contributed by atoms with Crippen LogP contribution in [0.25, 0.3) is 11.1 Å². The molecule has 1 atom stereocenters. The molecule has 3 N–H and O–H groups in total. The molecule has 0 spiro atoms. The molecule has 0 bridgehead atoms. The lowest BCUT2D eigenvalue weighted by Gasteiger charge is -2.34. The molecule has 1 heterocycles. The Morgan fingerprint density at radius 2 is 1.49 bits per heavy atom. The van der Waals surface area contributed by atoms with Crippen LogP contribution in [0.3, 0.4) is 0 Å². The summed E-state index contributed by atoms with van der Waals surface area (Å²) in [5.41, 5.74) is 10.2. The monoisotopic (exact) mass is 473 g/mol. The smallest absolute Gasteiger partial charge is 0.241 e. The van der Waals surface area contributed by atoms with E-state index in [0.29, 0.717) is 19.3 Å². The molecule has 4 rings (SSSR count). The van der Waals surface area contributed by atoms with Gasteiger partial charge in [-0.3, -0.25) is 9.69 Å². The molecule has 2 fully saturated rings. The number of carbonyl (C=O) groups excluding carboxylic acids is 1. The molecule has 1 saturated heterocycles. The van der Waals surface area contributed by atoms with Crippen LogP contribution in [-0.2, 0) is 17.8 Å². The number of hydrogen-bond acceptors (Lipinski definition) is 5. The molecule has 1 aliphatic heterocycles.